The molecule has 0 aliphatic rings. The average Bonchev–Trinajstić information content (AvgIpc) is 2.60. The number of rotatable bonds is 4. The van der Waals surface area contributed by atoms with Gasteiger partial charge in [0.25, 0.3) is 5.91 Å². The molecule has 0 aliphatic carbocycles. The van der Waals surface area contributed by atoms with Crippen LogP contribution in [0.2, 0.25) is 0 Å². The molecule has 0 aromatic heterocycles. The van der Waals surface area contributed by atoms with Crippen molar-refractivity contribution in [1.29, 1.82) is 0 Å². The molecule has 2 rings (SSSR count). The Morgan fingerprint density at radius 2 is 1.53 bits per heavy atom. The molecule has 0 spiro atoms. The highest BCUT2D eigenvalue weighted by atomic mass is 19.4. The van der Waals surface area contributed by atoms with Gasteiger partial charge in [-0.15, -0.1) is 0 Å². The van der Waals surface area contributed by atoms with Gasteiger partial charge in [-0.1, -0.05) is 26.0 Å². The van der Waals surface area contributed by atoms with Crippen LogP contribution in [0.3, 0.4) is 0 Å². The Labute approximate surface area is 168 Å². The molecule has 1 amide bonds. The molecular weight excluding hydrogens is 417 g/mol. The van der Waals surface area contributed by atoms with E-state index in [0.29, 0.717) is 12.1 Å². The summed E-state index contributed by atoms with van der Waals surface area (Å²) in [5.74, 6) is -1.29. The molecule has 164 valence electrons. The van der Waals surface area contributed by atoms with Gasteiger partial charge >= 0.3 is 18.0 Å². The van der Waals surface area contributed by atoms with Crippen LogP contribution >= 0.6 is 0 Å². The number of alkyl halides is 7. The second kappa shape index (κ2) is 7.81. The van der Waals surface area contributed by atoms with Gasteiger partial charge in [0.2, 0.25) is 0 Å². The summed E-state index contributed by atoms with van der Waals surface area (Å²) in [7, 11) is 0. The number of hydrogen-bond donors (Lipinski definition) is 2. The van der Waals surface area contributed by atoms with E-state index in [4.69, 9.17) is 5.73 Å². The molecule has 0 saturated heterocycles. The lowest BCUT2D eigenvalue weighted by Gasteiger charge is -2.31. The van der Waals surface area contributed by atoms with Crippen molar-refractivity contribution in [3.05, 3.63) is 58.7 Å². The lowest BCUT2D eigenvalue weighted by atomic mass is 9.87. The first-order valence-electron chi connectivity index (χ1n) is 8.74. The van der Waals surface area contributed by atoms with Gasteiger partial charge in [-0.25, -0.2) is 4.39 Å². The number of anilines is 2. The van der Waals surface area contributed by atoms with Crippen LogP contribution in [0.1, 0.15) is 46.8 Å². The molecule has 0 bridgehead atoms. The summed E-state index contributed by atoms with van der Waals surface area (Å²) in [6.45, 7) is 4.18. The summed E-state index contributed by atoms with van der Waals surface area (Å²) < 4.78 is 93.4. The number of carbonyl (C=O) groups excluding carboxylic acids is 1. The Hall–Kier alpha value is -2.78. The molecule has 3 nitrogen and oxygen atoms in total. The van der Waals surface area contributed by atoms with Crippen LogP contribution in [0, 0.1) is 6.92 Å². The van der Waals surface area contributed by atoms with E-state index in [1.165, 1.54) is 45.0 Å². The van der Waals surface area contributed by atoms with E-state index in [-0.39, 0.29) is 28.1 Å². The molecule has 2 aromatic carbocycles. The SMILES string of the molecule is Cc1cc(C(F)(C(F)(F)F)C(F)(F)F)cc(C(C)C)c1NC(=O)c1cccc(N)c1. The lowest BCUT2D eigenvalue weighted by molar-refractivity contribution is -0.348. The van der Waals surface area contributed by atoms with E-state index < -0.39 is 35.4 Å². The number of carbonyl (C=O) groups is 1. The Kier molecular flexibility index (Phi) is 6.11. The summed E-state index contributed by atoms with van der Waals surface area (Å²) >= 11 is 0. The smallest absolute Gasteiger partial charge is 0.399 e. The van der Waals surface area contributed by atoms with Gasteiger partial charge in [0.1, 0.15) is 0 Å². The monoisotopic (exact) mass is 436 g/mol. The minimum Gasteiger partial charge on any atom is -0.399 e. The molecule has 2 aromatic rings. The van der Waals surface area contributed by atoms with Crippen molar-refractivity contribution in [1.82, 2.24) is 0 Å². The summed E-state index contributed by atoms with van der Waals surface area (Å²) in [6, 6.07) is 6.77. The van der Waals surface area contributed by atoms with Gasteiger partial charge < -0.3 is 11.1 Å². The molecule has 0 atom stereocenters. The molecule has 3 N–H and O–H groups in total. The summed E-state index contributed by atoms with van der Waals surface area (Å²) in [5.41, 5.74) is -1.32. The number of nitrogens with two attached hydrogens (primary N) is 1. The van der Waals surface area contributed by atoms with Crippen LogP contribution in [-0.2, 0) is 5.67 Å². The van der Waals surface area contributed by atoms with Crippen LogP contribution in [0.25, 0.3) is 0 Å². The van der Waals surface area contributed by atoms with Gasteiger partial charge in [0, 0.05) is 22.5 Å². The van der Waals surface area contributed by atoms with E-state index >= 15 is 0 Å². The molecular formula is C20H19F7N2O. The Bertz CT molecular complexity index is 935. The summed E-state index contributed by atoms with van der Waals surface area (Å²) in [4.78, 5) is 12.5. The molecule has 0 aliphatic heterocycles. The molecule has 0 unspecified atom stereocenters. The first-order chi connectivity index (χ1) is 13.6. The number of hydrogen-bond acceptors (Lipinski definition) is 2. The quantitative estimate of drug-likeness (QED) is 0.440. The zero-order chi connectivity index (χ0) is 23.1. The van der Waals surface area contributed by atoms with Crippen molar-refractivity contribution in [2.24, 2.45) is 0 Å². The highest BCUT2D eigenvalue weighted by Crippen LogP contribution is 2.54. The number of nitrogens with one attached hydrogen (secondary N) is 1. The van der Waals surface area contributed by atoms with Crippen molar-refractivity contribution < 1.29 is 35.5 Å². The molecule has 0 radical (unpaired) electrons. The highest BCUT2D eigenvalue weighted by molar-refractivity contribution is 6.05. The van der Waals surface area contributed by atoms with Gasteiger partial charge in [-0.3, -0.25) is 4.79 Å². The van der Waals surface area contributed by atoms with Crippen molar-refractivity contribution >= 4 is 17.3 Å². The van der Waals surface area contributed by atoms with Crippen molar-refractivity contribution in [3.8, 4) is 0 Å². The fourth-order valence-electron chi connectivity index (χ4n) is 2.99. The Morgan fingerprint density at radius 1 is 0.967 bits per heavy atom. The molecule has 0 fully saturated rings. The van der Waals surface area contributed by atoms with Crippen molar-refractivity contribution in [2.45, 2.75) is 44.7 Å². The van der Waals surface area contributed by atoms with E-state index in [1.54, 1.807) is 0 Å². The molecule has 0 saturated carbocycles. The standard InChI is InChI=1S/C20H19F7N2O/c1-10(2)15-9-13(18(21,19(22,23)24)20(25,26)27)7-11(3)16(15)29-17(30)12-5-4-6-14(28)8-12/h4-10H,28H2,1-3H3,(H,29,30). The second-order valence-electron chi connectivity index (χ2n) is 7.15. The van der Waals surface area contributed by atoms with Gasteiger partial charge in [-0.2, -0.15) is 26.3 Å². The van der Waals surface area contributed by atoms with Crippen molar-refractivity contribution in [2.75, 3.05) is 11.1 Å². The van der Waals surface area contributed by atoms with Crippen molar-refractivity contribution in [3.63, 3.8) is 0 Å². The first kappa shape index (κ1) is 23.5. The second-order valence-corrected chi connectivity index (χ2v) is 7.15. The predicted molar refractivity (Wildman–Crippen MR) is 99.0 cm³/mol. The minimum atomic E-state index is -6.22. The van der Waals surface area contributed by atoms with Gasteiger partial charge in [0.15, 0.2) is 0 Å². The van der Waals surface area contributed by atoms with Gasteiger partial charge in [-0.05, 0) is 48.2 Å². The Balaban J connectivity index is 2.62. The van der Waals surface area contributed by atoms with Crippen LogP contribution in [-0.4, -0.2) is 18.3 Å². The van der Waals surface area contributed by atoms with Crippen LogP contribution in [0.4, 0.5) is 42.1 Å². The van der Waals surface area contributed by atoms with Crippen LogP contribution in [0.15, 0.2) is 36.4 Å². The zero-order valence-electron chi connectivity index (χ0n) is 16.2. The largest absolute Gasteiger partial charge is 0.435 e. The molecule has 30 heavy (non-hydrogen) atoms. The minimum absolute atomic E-state index is 0.00729. The van der Waals surface area contributed by atoms with Gasteiger partial charge in [0.05, 0.1) is 0 Å². The average molecular weight is 436 g/mol. The number of benzene rings is 2. The van der Waals surface area contributed by atoms with E-state index in [1.807, 2.05) is 0 Å². The number of nitrogen functional groups attached to an aromatic ring is 1. The van der Waals surface area contributed by atoms with E-state index in [9.17, 15) is 35.5 Å². The third-order valence-corrected chi connectivity index (χ3v) is 4.55. The maximum absolute atomic E-state index is 14.5. The topological polar surface area (TPSA) is 55.1 Å². The van der Waals surface area contributed by atoms with Crippen LogP contribution < -0.4 is 11.1 Å². The fourth-order valence-corrected chi connectivity index (χ4v) is 2.99. The number of amides is 1. The molecule has 0 heterocycles. The summed E-state index contributed by atoms with van der Waals surface area (Å²) in [5, 5.41) is 2.48. The maximum Gasteiger partial charge on any atom is 0.435 e. The van der Waals surface area contributed by atoms with E-state index in [0.717, 1.165) is 0 Å². The number of aryl methyl sites for hydroxylation is 1. The third-order valence-electron chi connectivity index (χ3n) is 4.55. The Morgan fingerprint density at radius 3 is 2.00 bits per heavy atom. The van der Waals surface area contributed by atoms with E-state index in [2.05, 4.69) is 5.32 Å². The first-order valence-corrected chi connectivity index (χ1v) is 8.74. The third kappa shape index (κ3) is 4.22. The number of halogens is 7. The normalized spacial score (nSPS) is 12.9. The molecule has 10 heteroatoms. The predicted octanol–water partition coefficient (Wildman–Crippen LogP) is 6.24. The maximum atomic E-state index is 14.5. The lowest BCUT2D eigenvalue weighted by Crippen LogP contribution is -2.50. The fraction of sp³-hybridized carbons (Fsp3) is 0.350. The van der Waals surface area contributed by atoms with Crippen LogP contribution in [0.5, 0.6) is 0 Å². The zero-order valence-corrected chi connectivity index (χ0v) is 16.2. The highest BCUT2D eigenvalue weighted by Gasteiger charge is 2.73. The summed E-state index contributed by atoms with van der Waals surface area (Å²) in [6.07, 6.45) is -12.4.